The highest BCUT2D eigenvalue weighted by Gasteiger charge is 2.26. The number of fused-ring (bicyclic) bond motifs is 2. The first-order valence-electron chi connectivity index (χ1n) is 9.82. The van der Waals surface area contributed by atoms with Crippen LogP contribution in [0.25, 0.3) is 21.8 Å². The Morgan fingerprint density at radius 2 is 1.96 bits per heavy atom. The Labute approximate surface area is 174 Å². The molecule has 0 radical (unpaired) electrons. The summed E-state index contributed by atoms with van der Waals surface area (Å²) in [6.07, 6.45) is 12.1. The summed E-state index contributed by atoms with van der Waals surface area (Å²) < 4.78 is 2.45. The summed E-state index contributed by atoms with van der Waals surface area (Å²) in [4.78, 5) is 8.64. The summed E-state index contributed by atoms with van der Waals surface area (Å²) in [7, 11) is 0. The number of halogens is 2. The van der Waals surface area contributed by atoms with Gasteiger partial charge in [0, 0.05) is 35.4 Å². The predicted molar refractivity (Wildman–Crippen MR) is 116 cm³/mol. The van der Waals surface area contributed by atoms with E-state index in [0.717, 1.165) is 23.2 Å². The predicted octanol–water partition coefficient (Wildman–Crippen LogP) is 6.87. The molecule has 0 saturated heterocycles. The Hall–Kier alpha value is -2.10. The van der Waals surface area contributed by atoms with E-state index in [1.165, 1.54) is 42.1 Å². The van der Waals surface area contributed by atoms with E-state index in [4.69, 9.17) is 23.2 Å². The van der Waals surface area contributed by atoms with E-state index in [9.17, 15) is 0 Å². The Morgan fingerprint density at radius 1 is 1.04 bits per heavy atom. The zero-order chi connectivity index (χ0) is 19.1. The van der Waals surface area contributed by atoms with Crippen LogP contribution in [0.3, 0.4) is 0 Å². The van der Waals surface area contributed by atoms with Gasteiger partial charge in [-0.2, -0.15) is 0 Å². The fourth-order valence-electron chi connectivity index (χ4n) is 4.58. The largest absolute Gasteiger partial charge is 0.344 e. The van der Waals surface area contributed by atoms with Crippen LogP contribution >= 0.6 is 23.2 Å². The number of aryl methyl sites for hydroxylation is 1. The van der Waals surface area contributed by atoms with E-state index in [-0.39, 0.29) is 0 Å². The van der Waals surface area contributed by atoms with Gasteiger partial charge in [0.05, 0.1) is 16.1 Å². The number of pyridine rings is 2. The summed E-state index contributed by atoms with van der Waals surface area (Å²) in [5, 5.41) is 3.15. The number of hydrogen-bond acceptors (Lipinski definition) is 2. The molecule has 3 aromatic heterocycles. The third-order valence-corrected chi connectivity index (χ3v) is 6.73. The molecule has 1 saturated carbocycles. The highest BCUT2D eigenvalue weighted by atomic mass is 35.5. The molecule has 0 bridgehead atoms. The van der Waals surface area contributed by atoms with Gasteiger partial charge in [-0.05, 0) is 67.9 Å². The molecule has 28 heavy (non-hydrogen) atoms. The summed E-state index contributed by atoms with van der Waals surface area (Å²) in [6, 6.07) is 13.2. The van der Waals surface area contributed by atoms with Gasteiger partial charge in [0.15, 0.2) is 0 Å². The second-order valence-corrected chi connectivity index (χ2v) is 8.58. The smallest absolute Gasteiger partial charge is 0.148 e. The van der Waals surface area contributed by atoms with E-state index in [2.05, 4.69) is 51.1 Å². The lowest BCUT2D eigenvalue weighted by Gasteiger charge is -2.15. The van der Waals surface area contributed by atoms with Crippen LogP contribution in [0.2, 0.25) is 10.2 Å². The van der Waals surface area contributed by atoms with Gasteiger partial charge in [-0.15, -0.1) is 0 Å². The zero-order valence-electron chi connectivity index (χ0n) is 15.5. The molecule has 1 aliphatic carbocycles. The lowest BCUT2D eigenvalue weighted by Crippen LogP contribution is -2.04. The minimum absolute atomic E-state index is 0.374. The van der Waals surface area contributed by atoms with Crippen molar-refractivity contribution in [1.29, 1.82) is 0 Å². The van der Waals surface area contributed by atoms with Crippen LogP contribution in [0, 0.1) is 5.92 Å². The third-order valence-electron chi connectivity index (χ3n) is 6.06. The number of rotatable bonds is 4. The normalized spacial score (nSPS) is 19.6. The highest BCUT2D eigenvalue weighted by Crippen LogP contribution is 2.39. The number of hydrogen-bond donors (Lipinski definition) is 0. The Kier molecular flexibility index (Phi) is 4.73. The van der Waals surface area contributed by atoms with Crippen molar-refractivity contribution in [3.63, 3.8) is 0 Å². The molecule has 2 atom stereocenters. The van der Waals surface area contributed by atoms with Crippen LogP contribution in [0.15, 0.2) is 55.0 Å². The van der Waals surface area contributed by atoms with E-state index < -0.39 is 0 Å². The summed E-state index contributed by atoms with van der Waals surface area (Å²) in [5.74, 6) is 0.766. The number of benzene rings is 1. The van der Waals surface area contributed by atoms with Crippen molar-refractivity contribution in [2.45, 2.75) is 38.1 Å². The van der Waals surface area contributed by atoms with E-state index in [1.54, 1.807) is 0 Å². The minimum atomic E-state index is 0.374. The van der Waals surface area contributed by atoms with E-state index in [0.29, 0.717) is 16.2 Å². The molecule has 1 fully saturated rings. The number of aromatic nitrogens is 3. The van der Waals surface area contributed by atoms with Gasteiger partial charge in [0.25, 0.3) is 0 Å². The van der Waals surface area contributed by atoms with Crippen LogP contribution < -0.4 is 0 Å². The first kappa shape index (κ1) is 18.0. The highest BCUT2D eigenvalue weighted by molar-refractivity contribution is 6.41. The molecular formula is C23H21Cl2N3. The van der Waals surface area contributed by atoms with Crippen molar-refractivity contribution in [2.24, 2.45) is 5.92 Å². The maximum absolute atomic E-state index is 6.08. The van der Waals surface area contributed by atoms with E-state index >= 15 is 0 Å². The number of nitrogens with zero attached hydrogens (tertiary/aromatic N) is 3. The van der Waals surface area contributed by atoms with Crippen LogP contribution in [0.1, 0.15) is 37.3 Å². The van der Waals surface area contributed by atoms with Gasteiger partial charge in [0.2, 0.25) is 0 Å². The maximum atomic E-state index is 6.08. The lowest BCUT2D eigenvalue weighted by atomic mass is 9.97. The Morgan fingerprint density at radius 3 is 2.89 bits per heavy atom. The van der Waals surface area contributed by atoms with Crippen molar-refractivity contribution in [2.75, 3.05) is 0 Å². The summed E-state index contributed by atoms with van der Waals surface area (Å²) in [6.45, 7) is 0. The average Bonchev–Trinajstić information content (AvgIpc) is 3.34. The lowest BCUT2D eigenvalue weighted by molar-refractivity contribution is 0.462. The standard InChI is InChI=1S/C23H21Cl2N3/c24-20-13-17-5-3-16(12-21(17)27-23(20)25)2-1-15-4-6-19(11-15)28-10-8-18-14-26-9-7-22(18)28/h3,5,7-10,12-15,19H,1-2,4,6,11H2. The Bertz CT molecular complexity index is 1150. The molecule has 0 spiro atoms. The molecule has 0 aliphatic heterocycles. The zero-order valence-corrected chi connectivity index (χ0v) is 17.0. The molecule has 5 rings (SSSR count). The first-order valence-corrected chi connectivity index (χ1v) is 10.6. The van der Waals surface area contributed by atoms with E-state index in [1.807, 2.05) is 18.5 Å². The topological polar surface area (TPSA) is 30.7 Å². The minimum Gasteiger partial charge on any atom is -0.344 e. The fourth-order valence-corrected chi connectivity index (χ4v) is 4.88. The van der Waals surface area contributed by atoms with Crippen molar-refractivity contribution < 1.29 is 0 Å². The van der Waals surface area contributed by atoms with Gasteiger partial charge in [-0.1, -0.05) is 35.3 Å². The SMILES string of the molecule is Clc1cc2ccc(CCC3CCC(n4ccc5cnccc54)C3)cc2nc1Cl. The molecule has 142 valence electrons. The van der Waals surface area contributed by atoms with Crippen molar-refractivity contribution in [3.8, 4) is 0 Å². The molecule has 3 nitrogen and oxygen atoms in total. The van der Waals surface area contributed by atoms with Gasteiger partial charge in [-0.3, -0.25) is 4.98 Å². The van der Waals surface area contributed by atoms with Crippen molar-refractivity contribution >= 4 is 45.0 Å². The van der Waals surface area contributed by atoms with Gasteiger partial charge in [0.1, 0.15) is 5.15 Å². The molecule has 1 aromatic carbocycles. The maximum Gasteiger partial charge on any atom is 0.148 e. The van der Waals surface area contributed by atoms with Gasteiger partial charge in [-0.25, -0.2) is 4.98 Å². The molecule has 3 heterocycles. The molecule has 0 amide bonds. The summed E-state index contributed by atoms with van der Waals surface area (Å²) >= 11 is 12.1. The first-order chi connectivity index (χ1) is 13.7. The van der Waals surface area contributed by atoms with Crippen LogP contribution in [-0.4, -0.2) is 14.5 Å². The second kappa shape index (κ2) is 7.38. The van der Waals surface area contributed by atoms with Crippen LogP contribution in [-0.2, 0) is 6.42 Å². The van der Waals surface area contributed by atoms with Crippen molar-refractivity contribution in [3.05, 3.63) is 70.7 Å². The molecule has 4 aromatic rings. The monoisotopic (exact) mass is 409 g/mol. The fraction of sp³-hybridized carbons (Fsp3) is 0.304. The molecular weight excluding hydrogens is 389 g/mol. The Balaban J connectivity index is 1.26. The van der Waals surface area contributed by atoms with Gasteiger partial charge < -0.3 is 4.57 Å². The third kappa shape index (κ3) is 3.38. The average molecular weight is 410 g/mol. The quantitative estimate of drug-likeness (QED) is 0.344. The molecule has 2 unspecified atom stereocenters. The van der Waals surface area contributed by atoms with Gasteiger partial charge >= 0.3 is 0 Å². The second-order valence-electron chi connectivity index (χ2n) is 7.82. The molecule has 0 N–H and O–H groups in total. The van der Waals surface area contributed by atoms with Crippen molar-refractivity contribution in [1.82, 2.24) is 14.5 Å². The molecule has 1 aliphatic rings. The summed E-state index contributed by atoms with van der Waals surface area (Å²) in [5.41, 5.74) is 3.54. The van der Waals surface area contributed by atoms with Crippen LogP contribution in [0.4, 0.5) is 0 Å². The molecule has 5 heteroatoms. The van der Waals surface area contributed by atoms with Crippen LogP contribution in [0.5, 0.6) is 0 Å².